The summed E-state index contributed by atoms with van der Waals surface area (Å²) in [5, 5.41) is 12.7. The summed E-state index contributed by atoms with van der Waals surface area (Å²) >= 11 is 6.06. The van der Waals surface area contributed by atoms with E-state index in [1.54, 1.807) is 6.92 Å². The Labute approximate surface area is 120 Å². The highest BCUT2D eigenvalue weighted by Gasteiger charge is 2.28. The van der Waals surface area contributed by atoms with Gasteiger partial charge in [0.2, 0.25) is 0 Å². The van der Waals surface area contributed by atoms with Crippen molar-refractivity contribution in [3.63, 3.8) is 0 Å². The van der Waals surface area contributed by atoms with Crippen molar-refractivity contribution in [2.45, 2.75) is 24.3 Å². The van der Waals surface area contributed by atoms with E-state index in [9.17, 15) is 13.2 Å². The van der Waals surface area contributed by atoms with Crippen molar-refractivity contribution in [2.75, 3.05) is 6.26 Å². The summed E-state index contributed by atoms with van der Waals surface area (Å²) in [4.78, 5) is 16.1. The standard InChI is InChI=1S/C12H12ClNO5S/c1-6-5-8(14-19-6)10-9(20(2,17)18)4-3-7(11(10)13)12(15)16/h3-4,6H,5H2,1-2H3,(H,15,16). The second-order valence-electron chi connectivity index (χ2n) is 4.54. The summed E-state index contributed by atoms with van der Waals surface area (Å²) < 4.78 is 23.6. The molecule has 0 spiro atoms. The molecule has 0 aromatic heterocycles. The number of oxime groups is 1. The fraction of sp³-hybridized carbons (Fsp3) is 0.333. The lowest BCUT2D eigenvalue weighted by atomic mass is 10.0. The highest BCUT2D eigenvalue weighted by Crippen LogP contribution is 2.31. The van der Waals surface area contributed by atoms with Crippen LogP contribution in [0, 0.1) is 0 Å². The Morgan fingerprint density at radius 1 is 1.50 bits per heavy atom. The maximum atomic E-state index is 11.8. The van der Waals surface area contributed by atoms with Crippen LogP contribution in [0.4, 0.5) is 0 Å². The van der Waals surface area contributed by atoms with Gasteiger partial charge in [-0.1, -0.05) is 16.8 Å². The Hall–Kier alpha value is -1.60. The SMILES string of the molecule is CC1CC(c2c(S(C)(=O)=O)ccc(C(=O)O)c2Cl)=NO1. The van der Waals surface area contributed by atoms with Crippen molar-refractivity contribution in [3.8, 4) is 0 Å². The molecule has 0 aliphatic carbocycles. The van der Waals surface area contributed by atoms with E-state index >= 15 is 0 Å². The molecule has 0 amide bonds. The Bertz CT molecular complexity index is 711. The second kappa shape index (κ2) is 5.06. The van der Waals surface area contributed by atoms with Gasteiger partial charge in [-0.3, -0.25) is 0 Å². The van der Waals surface area contributed by atoms with Crippen molar-refractivity contribution in [3.05, 3.63) is 28.3 Å². The number of hydrogen-bond acceptors (Lipinski definition) is 5. The molecule has 1 aliphatic rings. The summed E-state index contributed by atoms with van der Waals surface area (Å²) in [6.45, 7) is 1.77. The van der Waals surface area contributed by atoms with E-state index in [1.165, 1.54) is 12.1 Å². The lowest BCUT2D eigenvalue weighted by Gasteiger charge is -2.11. The number of sulfone groups is 1. The van der Waals surface area contributed by atoms with Gasteiger partial charge in [0, 0.05) is 18.2 Å². The largest absolute Gasteiger partial charge is 0.478 e. The summed E-state index contributed by atoms with van der Waals surface area (Å²) in [7, 11) is -3.57. The number of carbonyl (C=O) groups is 1. The third-order valence-corrected chi connectivity index (χ3v) is 4.38. The molecule has 6 nitrogen and oxygen atoms in total. The molecule has 2 rings (SSSR count). The third-order valence-electron chi connectivity index (χ3n) is 2.85. The van der Waals surface area contributed by atoms with Gasteiger partial charge in [0.25, 0.3) is 0 Å². The number of aromatic carboxylic acids is 1. The van der Waals surface area contributed by atoms with Crippen LogP contribution >= 0.6 is 11.6 Å². The van der Waals surface area contributed by atoms with Gasteiger partial charge < -0.3 is 9.94 Å². The van der Waals surface area contributed by atoms with Gasteiger partial charge in [-0.15, -0.1) is 0 Å². The Morgan fingerprint density at radius 3 is 2.60 bits per heavy atom. The topological polar surface area (TPSA) is 93.0 Å². The van der Waals surface area contributed by atoms with Crippen molar-refractivity contribution in [1.29, 1.82) is 0 Å². The zero-order chi connectivity index (χ0) is 15.1. The summed E-state index contributed by atoms with van der Waals surface area (Å²) in [6, 6.07) is 2.40. The molecule has 1 heterocycles. The molecule has 1 aliphatic heterocycles. The predicted molar refractivity (Wildman–Crippen MR) is 73.2 cm³/mol. The van der Waals surface area contributed by atoms with E-state index in [0.29, 0.717) is 12.1 Å². The first-order valence-electron chi connectivity index (χ1n) is 5.70. The molecule has 0 saturated heterocycles. The molecule has 8 heteroatoms. The van der Waals surface area contributed by atoms with Gasteiger partial charge in [-0.25, -0.2) is 13.2 Å². The molecule has 0 fully saturated rings. The van der Waals surface area contributed by atoms with Gasteiger partial charge in [-0.05, 0) is 19.1 Å². The minimum absolute atomic E-state index is 0.0519. The predicted octanol–water partition coefficient (Wildman–Crippen LogP) is 1.95. The smallest absolute Gasteiger partial charge is 0.337 e. The first kappa shape index (κ1) is 14.8. The van der Waals surface area contributed by atoms with Crippen molar-refractivity contribution >= 4 is 33.1 Å². The summed E-state index contributed by atoms with van der Waals surface area (Å²) in [6.07, 6.45) is 1.19. The molecule has 1 aromatic rings. The zero-order valence-electron chi connectivity index (χ0n) is 10.8. The second-order valence-corrected chi connectivity index (χ2v) is 6.90. The number of nitrogens with zero attached hydrogens (tertiary/aromatic N) is 1. The van der Waals surface area contributed by atoms with Crippen molar-refractivity contribution in [2.24, 2.45) is 5.16 Å². The van der Waals surface area contributed by atoms with Gasteiger partial charge >= 0.3 is 5.97 Å². The van der Waals surface area contributed by atoms with E-state index in [-0.39, 0.29) is 27.1 Å². The Kier molecular flexibility index (Phi) is 3.75. The monoisotopic (exact) mass is 317 g/mol. The lowest BCUT2D eigenvalue weighted by molar-refractivity contribution is 0.0697. The van der Waals surface area contributed by atoms with E-state index < -0.39 is 15.8 Å². The van der Waals surface area contributed by atoms with Gasteiger partial charge in [0.15, 0.2) is 9.84 Å². The molecule has 20 heavy (non-hydrogen) atoms. The molecule has 0 saturated carbocycles. The van der Waals surface area contributed by atoms with Gasteiger partial charge in [-0.2, -0.15) is 0 Å². The van der Waals surface area contributed by atoms with Crippen LogP contribution in [-0.4, -0.2) is 37.6 Å². The van der Waals surface area contributed by atoms with Crippen LogP contribution in [0.25, 0.3) is 0 Å². The molecule has 0 bridgehead atoms. The third kappa shape index (κ3) is 2.64. The van der Waals surface area contributed by atoms with Crippen LogP contribution in [0.15, 0.2) is 22.2 Å². The molecule has 1 atom stereocenters. The Balaban J connectivity index is 2.73. The number of carboxylic acids is 1. The van der Waals surface area contributed by atoms with Crippen LogP contribution in [0.2, 0.25) is 5.02 Å². The van der Waals surface area contributed by atoms with Gasteiger partial charge in [0.1, 0.15) is 6.10 Å². The van der Waals surface area contributed by atoms with E-state index in [1.807, 2.05) is 0 Å². The maximum Gasteiger partial charge on any atom is 0.337 e. The first-order valence-corrected chi connectivity index (χ1v) is 7.97. The van der Waals surface area contributed by atoms with Crippen LogP contribution < -0.4 is 0 Å². The van der Waals surface area contributed by atoms with Crippen molar-refractivity contribution in [1.82, 2.24) is 0 Å². The number of benzene rings is 1. The van der Waals surface area contributed by atoms with Crippen molar-refractivity contribution < 1.29 is 23.2 Å². The minimum atomic E-state index is -3.57. The molecular formula is C12H12ClNO5S. The van der Waals surface area contributed by atoms with Crippen LogP contribution in [0.5, 0.6) is 0 Å². The quantitative estimate of drug-likeness (QED) is 0.919. The lowest BCUT2D eigenvalue weighted by Crippen LogP contribution is -2.13. The van der Waals surface area contributed by atoms with Crippen LogP contribution in [0.3, 0.4) is 0 Å². The molecule has 1 N–H and O–H groups in total. The fourth-order valence-electron chi connectivity index (χ4n) is 1.95. The average molecular weight is 318 g/mol. The molecule has 0 radical (unpaired) electrons. The Morgan fingerprint density at radius 2 is 2.15 bits per heavy atom. The number of hydrogen-bond donors (Lipinski definition) is 1. The van der Waals surface area contributed by atoms with E-state index in [0.717, 1.165) is 6.26 Å². The highest BCUT2D eigenvalue weighted by atomic mass is 35.5. The van der Waals surface area contributed by atoms with Gasteiger partial charge in [0.05, 0.1) is 21.2 Å². The van der Waals surface area contributed by atoms with Crippen LogP contribution in [-0.2, 0) is 14.7 Å². The van der Waals surface area contributed by atoms with E-state index in [4.69, 9.17) is 21.5 Å². The number of halogens is 1. The summed E-state index contributed by atoms with van der Waals surface area (Å²) in [5.41, 5.74) is 0.278. The summed E-state index contributed by atoms with van der Waals surface area (Å²) in [5.74, 6) is -1.23. The molecular weight excluding hydrogens is 306 g/mol. The minimum Gasteiger partial charge on any atom is -0.478 e. The maximum absolute atomic E-state index is 11.8. The highest BCUT2D eigenvalue weighted by molar-refractivity contribution is 7.90. The molecule has 1 unspecified atom stereocenters. The first-order chi connectivity index (χ1) is 9.21. The number of rotatable bonds is 3. The average Bonchev–Trinajstić information content (AvgIpc) is 2.73. The zero-order valence-corrected chi connectivity index (χ0v) is 12.3. The molecule has 108 valence electrons. The fourth-order valence-corrected chi connectivity index (χ4v) is 3.27. The number of carboxylic acid groups (broad SMARTS) is 1. The van der Waals surface area contributed by atoms with E-state index in [2.05, 4.69) is 5.16 Å². The normalized spacial score (nSPS) is 18.6. The molecule has 1 aromatic carbocycles. The van der Waals surface area contributed by atoms with Crippen LogP contribution in [0.1, 0.15) is 29.3 Å².